The summed E-state index contributed by atoms with van der Waals surface area (Å²) in [7, 11) is 0. The first kappa shape index (κ1) is 10.3. The minimum absolute atomic E-state index is 0.0382. The van der Waals surface area contributed by atoms with Crippen molar-refractivity contribution < 1.29 is 9.18 Å². The highest BCUT2D eigenvalue weighted by Crippen LogP contribution is 2.31. The fourth-order valence-corrected chi connectivity index (χ4v) is 1.67. The molecule has 0 fully saturated rings. The van der Waals surface area contributed by atoms with E-state index >= 15 is 0 Å². The van der Waals surface area contributed by atoms with E-state index in [9.17, 15) is 9.18 Å². The summed E-state index contributed by atoms with van der Waals surface area (Å²) < 4.78 is 13.0. The zero-order valence-electron chi connectivity index (χ0n) is 6.67. The first-order valence-corrected chi connectivity index (χ1v) is 4.90. The second-order valence-corrected chi connectivity index (χ2v) is 3.40. The van der Waals surface area contributed by atoms with Crippen LogP contribution < -0.4 is 0 Å². The zero-order chi connectivity index (χ0) is 9.84. The van der Waals surface area contributed by atoms with Crippen molar-refractivity contribution in [3.8, 4) is 0 Å². The number of hydrogen-bond donors (Lipinski definition) is 0. The van der Waals surface area contributed by atoms with Gasteiger partial charge in [-0.1, -0.05) is 11.6 Å². The molecule has 0 spiro atoms. The Bertz CT molecular complexity index is 377. The predicted molar refractivity (Wildman–Crippen MR) is 51.0 cm³/mol. The van der Waals surface area contributed by atoms with Gasteiger partial charge in [-0.15, -0.1) is 11.8 Å². The van der Waals surface area contributed by atoms with Gasteiger partial charge in [-0.2, -0.15) is 4.99 Å². The molecule has 0 aromatic heterocycles. The van der Waals surface area contributed by atoms with E-state index in [4.69, 9.17) is 11.6 Å². The van der Waals surface area contributed by atoms with Gasteiger partial charge in [-0.3, -0.25) is 0 Å². The molecule has 0 saturated heterocycles. The van der Waals surface area contributed by atoms with Gasteiger partial charge in [-0.25, -0.2) is 9.18 Å². The highest BCUT2D eigenvalue weighted by molar-refractivity contribution is 7.98. The van der Waals surface area contributed by atoms with Crippen LogP contribution in [-0.2, 0) is 4.79 Å². The molecule has 0 amide bonds. The monoisotopic (exact) mass is 217 g/mol. The lowest BCUT2D eigenvalue weighted by Crippen LogP contribution is -1.79. The first-order chi connectivity index (χ1) is 6.19. The Hall–Kier alpha value is -0.830. The number of nitrogens with zero attached hydrogens (tertiary/aromatic N) is 1. The average Bonchev–Trinajstić information content (AvgIpc) is 2.10. The van der Waals surface area contributed by atoms with Gasteiger partial charge in [0, 0.05) is 4.90 Å². The second kappa shape index (κ2) is 4.42. The van der Waals surface area contributed by atoms with Crippen LogP contribution >= 0.6 is 23.4 Å². The molecule has 13 heavy (non-hydrogen) atoms. The molecular formula is C8H5ClFNOS. The number of carbonyl (C=O) groups excluding carboxylic acids is 1. The lowest BCUT2D eigenvalue weighted by atomic mass is 10.3. The van der Waals surface area contributed by atoms with Gasteiger partial charge >= 0.3 is 0 Å². The highest BCUT2D eigenvalue weighted by atomic mass is 35.5. The standard InChI is InChI=1S/C8H5ClFNOS/c1-13-8-3-7(11-4-12)6(10)2-5(8)9/h2-3H,1H3. The van der Waals surface area contributed by atoms with Gasteiger partial charge in [0.2, 0.25) is 6.08 Å². The van der Waals surface area contributed by atoms with Crippen LogP contribution in [0.2, 0.25) is 5.02 Å². The van der Waals surface area contributed by atoms with Gasteiger partial charge in [0.25, 0.3) is 0 Å². The number of isocyanates is 1. The molecule has 0 aliphatic carbocycles. The van der Waals surface area contributed by atoms with Crippen molar-refractivity contribution >= 4 is 35.1 Å². The van der Waals surface area contributed by atoms with E-state index in [0.717, 1.165) is 6.07 Å². The van der Waals surface area contributed by atoms with Crippen molar-refractivity contribution in [2.24, 2.45) is 4.99 Å². The van der Waals surface area contributed by atoms with Crippen LogP contribution in [0.15, 0.2) is 22.0 Å². The maximum absolute atomic E-state index is 13.0. The maximum atomic E-state index is 13.0. The Kier molecular flexibility index (Phi) is 3.48. The summed E-state index contributed by atoms with van der Waals surface area (Å²) in [5.41, 5.74) is -0.0382. The summed E-state index contributed by atoms with van der Waals surface area (Å²) in [6.45, 7) is 0. The van der Waals surface area contributed by atoms with Crippen molar-refractivity contribution in [1.82, 2.24) is 0 Å². The lowest BCUT2D eigenvalue weighted by molar-refractivity contribution is 0.564. The lowest BCUT2D eigenvalue weighted by Gasteiger charge is -2.01. The van der Waals surface area contributed by atoms with E-state index in [2.05, 4.69) is 4.99 Å². The zero-order valence-corrected chi connectivity index (χ0v) is 8.25. The summed E-state index contributed by atoms with van der Waals surface area (Å²) >= 11 is 7.06. The molecule has 1 aromatic carbocycles. The predicted octanol–water partition coefficient (Wildman–Crippen LogP) is 3.17. The summed E-state index contributed by atoms with van der Waals surface area (Å²) in [5.74, 6) is -0.619. The number of thioether (sulfide) groups is 1. The SMILES string of the molecule is CSc1cc(N=C=O)c(F)cc1Cl. The van der Waals surface area contributed by atoms with Gasteiger partial charge in [0.1, 0.15) is 5.69 Å². The third-order valence-electron chi connectivity index (χ3n) is 1.39. The summed E-state index contributed by atoms with van der Waals surface area (Å²) in [6, 6.07) is 2.54. The van der Waals surface area contributed by atoms with Crippen molar-refractivity contribution in [1.29, 1.82) is 0 Å². The quantitative estimate of drug-likeness (QED) is 0.433. The molecule has 0 saturated carbocycles. The van der Waals surface area contributed by atoms with E-state index in [0.29, 0.717) is 9.92 Å². The third kappa shape index (κ3) is 2.31. The van der Waals surface area contributed by atoms with E-state index < -0.39 is 5.82 Å². The largest absolute Gasteiger partial charge is 0.240 e. The number of rotatable bonds is 2. The highest BCUT2D eigenvalue weighted by Gasteiger charge is 2.06. The minimum Gasteiger partial charge on any atom is -0.211 e. The van der Waals surface area contributed by atoms with E-state index in [-0.39, 0.29) is 5.69 Å². The van der Waals surface area contributed by atoms with Crippen LogP contribution in [0.5, 0.6) is 0 Å². The minimum atomic E-state index is -0.619. The van der Waals surface area contributed by atoms with Gasteiger partial charge in [0.05, 0.1) is 5.02 Å². The molecule has 0 N–H and O–H groups in total. The van der Waals surface area contributed by atoms with Gasteiger partial charge in [0.15, 0.2) is 5.82 Å². The van der Waals surface area contributed by atoms with E-state index in [1.54, 1.807) is 6.26 Å². The molecule has 1 aromatic rings. The smallest absolute Gasteiger partial charge is 0.211 e. The molecule has 0 bridgehead atoms. The summed E-state index contributed by atoms with van der Waals surface area (Å²) in [4.78, 5) is 13.8. The Labute approximate surface area is 83.8 Å². The van der Waals surface area contributed by atoms with Gasteiger partial charge < -0.3 is 0 Å². The van der Waals surface area contributed by atoms with Crippen LogP contribution in [0.4, 0.5) is 10.1 Å². The Balaban J connectivity index is 3.29. The Morgan fingerprint density at radius 1 is 1.62 bits per heavy atom. The van der Waals surface area contributed by atoms with Crippen LogP contribution in [0.3, 0.4) is 0 Å². The average molecular weight is 218 g/mol. The molecule has 2 nitrogen and oxygen atoms in total. The summed E-state index contributed by atoms with van der Waals surface area (Å²) in [6.07, 6.45) is 3.08. The number of halogens is 2. The molecule has 0 aliphatic heterocycles. The topological polar surface area (TPSA) is 29.4 Å². The molecule has 1 rings (SSSR count). The maximum Gasteiger partial charge on any atom is 0.240 e. The molecule has 68 valence electrons. The molecule has 0 unspecified atom stereocenters. The van der Waals surface area contributed by atoms with Crippen molar-refractivity contribution in [3.63, 3.8) is 0 Å². The number of benzene rings is 1. The van der Waals surface area contributed by atoms with Crippen LogP contribution in [0.25, 0.3) is 0 Å². The van der Waals surface area contributed by atoms with E-state index in [1.165, 1.54) is 23.9 Å². The van der Waals surface area contributed by atoms with Crippen molar-refractivity contribution in [2.75, 3.05) is 6.26 Å². The van der Waals surface area contributed by atoms with Crippen molar-refractivity contribution in [2.45, 2.75) is 4.90 Å². The molecule has 0 aliphatic rings. The number of aliphatic imine (C=N–C) groups is 1. The normalized spacial score (nSPS) is 9.46. The Morgan fingerprint density at radius 3 is 2.85 bits per heavy atom. The third-order valence-corrected chi connectivity index (χ3v) is 2.59. The van der Waals surface area contributed by atoms with Gasteiger partial charge in [-0.05, 0) is 18.4 Å². The number of hydrogen-bond acceptors (Lipinski definition) is 3. The molecule has 0 radical (unpaired) electrons. The summed E-state index contributed by atoms with van der Waals surface area (Å²) in [5, 5.41) is 0.315. The fraction of sp³-hybridized carbons (Fsp3) is 0.125. The molecule has 5 heteroatoms. The molecular weight excluding hydrogens is 213 g/mol. The first-order valence-electron chi connectivity index (χ1n) is 3.30. The van der Waals surface area contributed by atoms with Crippen LogP contribution in [-0.4, -0.2) is 12.3 Å². The second-order valence-electron chi connectivity index (χ2n) is 2.14. The Morgan fingerprint density at radius 2 is 2.31 bits per heavy atom. The van der Waals surface area contributed by atoms with Crippen LogP contribution in [0.1, 0.15) is 0 Å². The molecule has 0 atom stereocenters. The fourth-order valence-electron chi connectivity index (χ4n) is 0.810. The van der Waals surface area contributed by atoms with Crippen molar-refractivity contribution in [3.05, 3.63) is 23.0 Å². The molecule has 0 heterocycles. The van der Waals surface area contributed by atoms with Crippen LogP contribution in [0, 0.1) is 5.82 Å². The van der Waals surface area contributed by atoms with E-state index in [1.807, 2.05) is 0 Å².